The van der Waals surface area contributed by atoms with Crippen molar-refractivity contribution in [1.29, 1.82) is 0 Å². The summed E-state index contributed by atoms with van der Waals surface area (Å²) in [6.07, 6.45) is -1.32. The summed E-state index contributed by atoms with van der Waals surface area (Å²) >= 11 is 0. The van der Waals surface area contributed by atoms with E-state index >= 15 is 0 Å². The van der Waals surface area contributed by atoms with Crippen molar-refractivity contribution in [1.82, 2.24) is 21.3 Å². The molecule has 12 heteroatoms. The number of nitrogens with one attached hydrogen (secondary N) is 4. The number of aliphatic hydroxyl groups excluding tert-OH is 1. The van der Waals surface area contributed by atoms with Crippen LogP contribution in [-0.2, 0) is 24.0 Å². The van der Waals surface area contributed by atoms with Crippen LogP contribution in [0.3, 0.4) is 0 Å². The molecule has 0 saturated heterocycles. The Kier molecular flexibility index (Phi) is 11.0. The van der Waals surface area contributed by atoms with Crippen LogP contribution in [-0.4, -0.2) is 76.1 Å². The second-order valence-electron chi connectivity index (χ2n) is 7.54. The lowest BCUT2D eigenvalue weighted by molar-refractivity contribution is -0.141. The number of rotatable bonds is 11. The van der Waals surface area contributed by atoms with Gasteiger partial charge in [0.25, 0.3) is 0 Å². The van der Waals surface area contributed by atoms with E-state index in [1.807, 2.05) is 0 Å². The highest BCUT2D eigenvalue weighted by Crippen LogP contribution is 2.05. The van der Waals surface area contributed by atoms with E-state index in [1.54, 1.807) is 13.8 Å². The number of nitrogens with two attached hydrogens (primary N) is 1. The molecule has 0 aliphatic rings. The lowest BCUT2D eigenvalue weighted by Gasteiger charge is -2.27. The van der Waals surface area contributed by atoms with Crippen molar-refractivity contribution in [3.05, 3.63) is 0 Å². The minimum atomic E-state index is -1.42. The van der Waals surface area contributed by atoms with Crippen LogP contribution in [0.25, 0.3) is 0 Å². The summed E-state index contributed by atoms with van der Waals surface area (Å²) in [5, 5.41) is 28.1. The van der Waals surface area contributed by atoms with Gasteiger partial charge < -0.3 is 37.2 Å². The van der Waals surface area contributed by atoms with E-state index in [0.717, 1.165) is 0 Å². The third-order valence-corrected chi connectivity index (χ3v) is 4.20. The van der Waals surface area contributed by atoms with Gasteiger partial charge in [0.05, 0.1) is 12.1 Å². The molecule has 0 spiro atoms. The first kappa shape index (κ1) is 27.3. The van der Waals surface area contributed by atoms with Gasteiger partial charge >= 0.3 is 5.97 Å². The maximum Gasteiger partial charge on any atom is 0.325 e. The summed E-state index contributed by atoms with van der Waals surface area (Å²) in [6.45, 7) is 8.66. The molecule has 0 aliphatic carbocycles. The summed E-state index contributed by atoms with van der Waals surface area (Å²) in [6, 6.07) is -5.56. The molecule has 0 rings (SSSR count). The molecule has 12 nitrogen and oxygen atoms in total. The van der Waals surface area contributed by atoms with Crippen molar-refractivity contribution in [2.45, 2.75) is 77.9 Å². The van der Waals surface area contributed by atoms with E-state index in [0.29, 0.717) is 0 Å². The summed E-state index contributed by atoms with van der Waals surface area (Å²) in [4.78, 5) is 59.7. The Morgan fingerprint density at radius 3 is 1.50 bits per heavy atom. The number of amides is 4. The maximum atomic E-state index is 12.6. The first-order valence-corrected chi connectivity index (χ1v) is 9.56. The highest BCUT2D eigenvalue weighted by Gasteiger charge is 2.33. The van der Waals surface area contributed by atoms with E-state index in [-0.39, 0.29) is 5.92 Å². The Labute approximate surface area is 175 Å². The Morgan fingerprint density at radius 1 is 0.667 bits per heavy atom. The van der Waals surface area contributed by atoms with Crippen molar-refractivity contribution in [3.63, 3.8) is 0 Å². The topological polar surface area (TPSA) is 200 Å². The van der Waals surface area contributed by atoms with Crippen molar-refractivity contribution >= 4 is 29.6 Å². The van der Waals surface area contributed by atoms with Crippen molar-refractivity contribution in [2.24, 2.45) is 11.7 Å². The van der Waals surface area contributed by atoms with Crippen LogP contribution in [0.4, 0.5) is 0 Å². The van der Waals surface area contributed by atoms with E-state index in [9.17, 15) is 29.1 Å². The highest BCUT2D eigenvalue weighted by molar-refractivity contribution is 5.95. The largest absolute Gasteiger partial charge is 0.480 e. The van der Waals surface area contributed by atoms with Crippen molar-refractivity contribution in [2.75, 3.05) is 0 Å². The standard InChI is InChI=1S/C18H33N5O7/c1-7(2)12(22-14(25)8(3)19)16(27)23-13(11(6)24)17(28)20-9(4)15(26)21-10(5)18(29)30/h7-13,24H,19H2,1-6H3,(H,20,28)(H,21,26)(H,22,25)(H,23,27)(H,29,30)/t8-,9-,10-,11+,12-,13-/m0/s1. The molecule has 0 bridgehead atoms. The zero-order valence-corrected chi connectivity index (χ0v) is 18.1. The van der Waals surface area contributed by atoms with Gasteiger partial charge in [-0.15, -0.1) is 0 Å². The number of carboxylic acids is 1. The average molecular weight is 431 g/mol. The van der Waals surface area contributed by atoms with Gasteiger partial charge in [-0.05, 0) is 33.6 Å². The van der Waals surface area contributed by atoms with Crippen molar-refractivity contribution in [3.8, 4) is 0 Å². The number of aliphatic hydroxyl groups is 1. The van der Waals surface area contributed by atoms with E-state index in [4.69, 9.17) is 10.8 Å². The first-order chi connectivity index (χ1) is 13.7. The van der Waals surface area contributed by atoms with Crippen LogP contribution in [0.2, 0.25) is 0 Å². The Bertz CT molecular complexity index is 651. The number of hydrogen-bond donors (Lipinski definition) is 7. The van der Waals surface area contributed by atoms with Gasteiger partial charge in [0.2, 0.25) is 23.6 Å². The van der Waals surface area contributed by atoms with Crippen LogP contribution in [0.15, 0.2) is 0 Å². The molecule has 0 aromatic rings. The zero-order chi connectivity index (χ0) is 23.8. The quantitative estimate of drug-likeness (QED) is 0.185. The molecular formula is C18H33N5O7. The second kappa shape index (κ2) is 12.1. The average Bonchev–Trinajstić information content (AvgIpc) is 2.62. The third-order valence-electron chi connectivity index (χ3n) is 4.20. The van der Waals surface area contributed by atoms with Crippen LogP contribution < -0.4 is 27.0 Å². The minimum absolute atomic E-state index is 0.340. The number of hydrogen-bond acceptors (Lipinski definition) is 7. The Balaban J connectivity index is 5.19. The van der Waals surface area contributed by atoms with Gasteiger partial charge in [0.15, 0.2) is 0 Å². The second-order valence-corrected chi connectivity index (χ2v) is 7.54. The summed E-state index contributed by atoms with van der Waals surface area (Å²) in [5.74, 6) is -4.46. The molecule has 0 aliphatic heterocycles. The molecule has 6 atom stereocenters. The third kappa shape index (κ3) is 8.74. The van der Waals surface area contributed by atoms with Crippen LogP contribution in [0, 0.1) is 5.92 Å². The lowest BCUT2D eigenvalue weighted by Crippen LogP contribution is -2.61. The van der Waals surface area contributed by atoms with Crippen LogP contribution in [0.1, 0.15) is 41.5 Å². The fourth-order valence-corrected chi connectivity index (χ4v) is 2.24. The molecule has 0 saturated carbocycles. The number of carbonyl (C=O) groups is 5. The molecule has 0 aromatic carbocycles. The molecule has 172 valence electrons. The molecule has 8 N–H and O–H groups in total. The molecule has 0 aromatic heterocycles. The fraction of sp³-hybridized carbons (Fsp3) is 0.722. The molecule has 0 unspecified atom stereocenters. The smallest absolute Gasteiger partial charge is 0.325 e. The highest BCUT2D eigenvalue weighted by atomic mass is 16.4. The molecule has 0 fully saturated rings. The molecule has 30 heavy (non-hydrogen) atoms. The fourth-order valence-electron chi connectivity index (χ4n) is 2.24. The van der Waals surface area contributed by atoms with Gasteiger partial charge in [-0.3, -0.25) is 24.0 Å². The first-order valence-electron chi connectivity index (χ1n) is 9.56. The van der Waals surface area contributed by atoms with Crippen molar-refractivity contribution < 1.29 is 34.2 Å². The summed E-state index contributed by atoms with van der Waals surface area (Å²) in [5.41, 5.74) is 5.50. The van der Waals surface area contributed by atoms with Gasteiger partial charge in [-0.25, -0.2) is 0 Å². The summed E-state index contributed by atoms with van der Waals surface area (Å²) < 4.78 is 0. The SMILES string of the molecule is CC(C)[C@H](NC(=O)[C@H](C)N)C(=O)N[C@H](C(=O)N[C@@H](C)C(=O)N[C@@H](C)C(=O)O)[C@@H](C)O. The van der Waals surface area contributed by atoms with Gasteiger partial charge in [-0.1, -0.05) is 13.8 Å². The molecule has 0 radical (unpaired) electrons. The number of carbonyl (C=O) groups excluding carboxylic acids is 4. The van der Waals surface area contributed by atoms with E-state index in [1.165, 1.54) is 27.7 Å². The predicted molar refractivity (Wildman–Crippen MR) is 107 cm³/mol. The zero-order valence-electron chi connectivity index (χ0n) is 18.1. The number of carboxylic acid groups (broad SMARTS) is 1. The monoisotopic (exact) mass is 431 g/mol. The predicted octanol–water partition coefficient (Wildman–Crippen LogP) is -2.57. The van der Waals surface area contributed by atoms with Crippen LogP contribution in [0.5, 0.6) is 0 Å². The van der Waals surface area contributed by atoms with E-state index < -0.39 is 65.9 Å². The Morgan fingerprint density at radius 2 is 1.10 bits per heavy atom. The van der Waals surface area contributed by atoms with Gasteiger partial charge in [0.1, 0.15) is 24.2 Å². The van der Waals surface area contributed by atoms with E-state index in [2.05, 4.69) is 21.3 Å². The van der Waals surface area contributed by atoms with Gasteiger partial charge in [0, 0.05) is 0 Å². The molecule has 4 amide bonds. The van der Waals surface area contributed by atoms with Gasteiger partial charge in [-0.2, -0.15) is 0 Å². The number of aliphatic carboxylic acids is 1. The minimum Gasteiger partial charge on any atom is -0.480 e. The maximum absolute atomic E-state index is 12.6. The molecular weight excluding hydrogens is 398 g/mol. The lowest BCUT2D eigenvalue weighted by atomic mass is 10.0. The normalized spacial score (nSPS) is 17.0. The Hall–Kier alpha value is -2.73. The summed E-state index contributed by atoms with van der Waals surface area (Å²) in [7, 11) is 0. The molecule has 0 heterocycles. The van der Waals surface area contributed by atoms with Crippen LogP contribution >= 0.6 is 0 Å².